The van der Waals surface area contributed by atoms with Gasteiger partial charge in [-0.15, -0.1) is 0 Å². The van der Waals surface area contributed by atoms with Crippen LogP contribution in [0.1, 0.15) is 16.8 Å². The molecule has 6 nitrogen and oxygen atoms in total. The highest BCUT2D eigenvalue weighted by Gasteiger charge is 2.22. The third-order valence-corrected chi connectivity index (χ3v) is 5.75. The van der Waals surface area contributed by atoms with Crippen LogP contribution >= 0.6 is 11.6 Å². The molecule has 26 heavy (non-hydrogen) atoms. The Balaban J connectivity index is 2.21. The Hall–Kier alpha value is -2.09. The van der Waals surface area contributed by atoms with Crippen LogP contribution in [-0.2, 0) is 14.8 Å². The van der Waals surface area contributed by atoms with Gasteiger partial charge >= 0.3 is 0 Å². The maximum atomic E-state index is 12.9. The molecule has 0 bridgehead atoms. The van der Waals surface area contributed by atoms with Crippen LogP contribution in [0.3, 0.4) is 0 Å². The van der Waals surface area contributed by atoms with Gasteiger partial charge in [0, 0.05) is 37.9 Å². The van der Waals surface area contributed by atoms with Gasteiger partial charge in [0.05, 0.1) is 10.6 Å². The van der Waals surface area contributed by atoms with Crippen molar-refractivity contribution in [1.82, 2.24) is 5.32 Å². The van der Waals surface area contributed by atoms with Crippen molar-refractivity contribution >= 4 is 33.2 Å². The molecule has 140 valence electrons. The van der Waals surface area contributed by atoms with E-state index in [-0.39, 0.29) is 16.4 Å². The molecule has 0 fully saturated rings. The van der Waals surface area contributed by atoms with Gasteiger partial charge in [0.2, 0.25) is 0 Å². The molecular formula is C18H21ClN2O4S. The minimum Gasteiger partial charge on any atom is -0.385 e. The maximum absolute atomic E-state index is 12.9. The Kier molecular flexibility index (Phi) is 7.02. The number of anilines is 1. The summed E-state index contributed by atoms with van der Waals surface area (Å²) in [6, 6.07) is 12.5. The summed E-state index contributed by atoms with van der Waals surface area (Å²) in [4.78, 5) is 12.2. The standard InChI is InChI=1S/C18H21ClN2O4S/c1-21(16-8-4-7-15(19)13-16)26(23,24)17-9-3-6-14(12-17)18(22)20-10-5-11-25-2/h3-4,6-9,12-13H,5,10-11H2,1-2H3,(H,20,22). The zero-order valence-electron chi connectivity index (χ0n) is 14.6. The van der Waals surface area contributed by atoms with Crippen LogP contribution in [0.4, 0.5) is 5.69 Å². The van der Waals surface area contributed by atoms with Crippen LogP contribution in [-0.4, -0.2) is 41.6 Å². The lowest BCUT2D eigenvalue weighted by Gasteiger charge is -2.20. The largest absolute Gasteiger partial charge is 0.385 e. The minimum absolute atomic E-state index is 0.0320. The third-order valence-electron chi connectivity index (χ3n) is 3.74. The Morgan fingerprint density at radius 2 is 1.92 bits per heavy atom. The molecule has 0 heterocycles. The van der Waals surface area contributed by atoms with Crippen molar-refractivity contribution in [3.63, 3.8) is 0 Å². The molecule has 0 spiro atoms. The number of nitrogens with zero attached hydrogens (tertiary/aromatic N) is 1. The fourth-order valence-corrected chi connectivity index (χ4v) is 3.71. The van der Waals surface area contributed by atoms with Crippen molar-refractivity contribution in [3.05, 3.63) is 59.1 Å². The van der Waals surface area contributed by atoms with Crippen LogP contribution in [0.15, 0.2) is 53.4 Å². The number of sulfonamides is 1. The quantitative estimate of drug-likeness (QED) is 0.696. The second-order valence-electron chi connectivity index (χ2n) is 5.58. The first-order chi connectivity index (χ1) is 12.4. The number of hydrogen-bond acceptors (Lipinski definition) is 4. The number of hydrogen-bond donors (Lipinski definition) is 1. The van der Waals surface area contributed by atoms with Crippen molar-refractivity contribution in [1.29, 1.82) is 0 Å². The summed E-state index contributed by atoms with van der Waals surface area (Å²) in [5.41, 5.74) is 0.718. The zero-order valence-corrected chi connectivity index (χ0v) is 16.2. The lowest BCUT2D eigenvalue weighted by molar-refractivity contribution is 0.0948. The predicted octanol–water partition coefficient (Wildman–Crippen LogP) is 2.93. The van der Waals surface area contributed by atoms with Crippen molar-refractivity contribution in [3.8, 4) is 0 Å². The van der Waals surface area contributed by atoms with Crippen molar-refractivity contribution in [2.24, 2.45) is 0 Å². The molecule has 2 aromatic rings. The molecule has 0 unspecified atom stereocenters. The Morgan fingerprint density at radius 1 is 1.19 bits per heavy atom. The molecule has 2 rings (SSSR count). The Morgan fingerprint density at radius 3 is 2.62 bits per heavy atom. The zero-order chi connectivity index (χ0) is 19.2. The third kappa shape index (κ3) is 4.97. The lowest BCUT2D eigenvalue weighted by Crippen LogP contribution is -2.28. The van der Waals surface area contributed by atoms with E-state index in [0.717, 1.165) is 4.31 Å². The van der Waals surface area contributed by atoms with Gasteiger partial charge < -0.3 is 10.1 Å². The normalized spacial score (nSPS) is 11.2. The van der Waals surface area contributed by atoms with Gasteiger partial charge in [-0.3, -0.25) is 9.10 Å². The summed E-state index contributed by atoms with van der Waals surface area (Å²) in [6.45, 7) is 0.991. The monoisotopic (exact) mass is 396 g/mol. The Bertz CT molecular complexity index is 871. The van der Waals surface area contributed by atoms with Crippen LogP contribution in [0, 0.1) is 0 Å². The van der Waals surface area contributed by atoms with E-state index < -0.39 is 10.0 Å². The van der Waals surface area contributed by atoms with Gasteiger partial charge in [0.15, 0.2) is 0 Å². The van der Waals surface area contributed by atoms with Crippen LogP contribution < -0.4 is 9.62 Å². The number of carbonyl (C=O) groups excluding carboxylic acids is 1. The Labute approximate surface area is 158 Å². The molecular weight excluding hydrogens is 376 g/mol. The molecule has 0 radical (unpaired) electrons. The first-order valence-corrected chi connectivity index (χ1v) is 9.80. The lowest BCUT2D eigenvalue weighted by atomic mass is 10.2. The number of nitrogens with one attached hydrogen (secondary N) is 1. The summed E-state index contributed by atoms with van der Waals surface area (Å²) in [6.07, 6.45) is 0.678. The fraction of sp³-hybridized carbons (Fsp3) is 0.278. The summed E-state index contributed by atoms with van der Waals surface area (Å²) in [5.74, 6) is -0.330. The predicted molar refractivity (Wildman–Crippen MR) is 102 cm³/mol. The van der Waals surface area contributed by atoms with E-state index in [0.29, 0.717) is 30.3 Å². The van der Waals surface area contributed by atoms with Crippen LogP contribution in [0.5, 0.6) is 0 Å². The van der Waals surface area contributed by atoms with Gasteiger partial charge in [0.25, 0.3) is 15.9 Å². The van der Waals surface area contributed by atoms with E-state index in [2.05, 4.69) is 5.32 Å². The highest BCUT2D eigenvalue weighted by molar-refractivity contribution is 7.92. The molecule has 0 aliphatic carbocycles. The average molecular weight is 397 g/mol. The van der Waals surface area contributed by atoms with Gasteiger partial charge in [-0.25, -0.2) is 8.42 Å². The number of methoxy groups -OCH3 is 1. The van der Waals surface area contributed by atoms with Crippen LogP contribution in [0.25, 0.3) is 0 Å². The van der Waals surface area contributed by atoms with E-state index in [1.54, 1.807) is 43.5 Å². The van der Waals surface area contributed by atoms with Gasteiger partial charge in [-0.2, -0.15) is 0 Å². The maximum Gasteiger partial charge on any atom is 0.264 e. The number of carbonyl (C=O) groups is 1. The molecule has 0 saturated heterocycles. The summed E-state index contributed by atoms with van der Waals surface area (Å²) < 4.78 is 31.8. The van der Waals surface area contributed by atoms with Crippen molar-refractivity contribution in [2.45, 2.75) is 11.3 Å². The van der Waals surface area contributed by atoms with Crippen molar-refractivity contribution in [2.75, 3.05) is 31.6 Å². The number of amides is 1. The summed E-state index contributed by atoms with van der Waals surface area (Å²) in [5, 5.41) is 3.17. The highest BCUT2D eigenvalue weighted by Crippen LogP contribution is 2.25. The summed E-state index contributed by atoms with van der Waals surface area (Å²) >= 11 is 5.94. The first-order valence-electron chi connectivity index (χ1n) is 7.98. The minimum atomic E-state index is -3.82. The number of halogens is 1. The molecule has 0 atom stereocenters. The molecule has 0 aliphatic heterocycles. The van der Waals surface area contributed by atoms with Gasteiger partial charge in [-0.1, -0.05) is 23.7 Å². The van der Waals surface area contributed by atoms with E-state index in [1.165, 1.54) is 19.2 Å². The van der Waals surface area contributed by atoms with E-state index in [1.807, 2.05) is 0 Å². The molecule has 1 N–H and O–H groups in total. The molecule has 8 heteroatoms. The smallest absolute Gasteiger partial charge is 0.264 e. The van der Waals surface area contributed by atoms with Gasteiger partial charge in [-0.05, 0) is 42.8 Å². The topological polar surface area (TPSA) is 75.7 Å². The molecule has 0 aromatic heterocycles. The first kappa shape index (κ1) is 20.2. The van der Waals surface area contributed by atoms with E-state index in [9.17, 15) is 13.2 Å². The molecule has 0 aliphatic rings. The molecule has 2 aromatic carbocycles. The fourth-order valence-electron chi connectivity index (χ4n) is 2.29. The number of ether oxygens (including phenoxy) is 1. The summed E-state index contributed by atoms with van der Waals surface area (Å²) in [7, 11) is -0.786. The van der Waals surface area contributed by atoms with Gasteiger partial charge in [0.1, 0.15) is 0 Å². The number of benzene rings is 2. The van der Waals surface area contributed by atoms with Crippen LogP contribution in [0.2, 0.25) is 5.02 Å². The second kappa shape index (κ2) is 9.02. The second-order valence-corrected chi connectivity index (χ2v) is 7.99. The SMILES string of the molecule is COCCCNC(=O)c1cccc(S(=O)(=O)N(C)c2cccc(Cl)c2)c1. The highest BCUT2D eigenvalue weighted by atomic mass is 35.5. The van der Waals surface area contributed by atoms with E-state index >= 15 is 0 Å². The average Bonchev–Trinajstić information content (AvgIpc) is 2.64. The number of rotatable bonds is 8. The van der Waals surface area contributed by atoms with E-state index in [4.69, 9.17) is 16.3 Å². The molecule has 0 saturated carbocycles. The molecule has 1 amide bonds. The van der Waals surface area contributed by atoms with Crippen molar-refractivity contribution < 1.29 is 17.9 Å².